The van der Waals surface area contributed by atoms with E-state index in [1.807, 2.05) is 36.4 Å². The highest BCUT2D eigenvalue weighted by Crippen LogP contribution is 2.42. The Labute approximate surface area is 356 Å². The third-order valence-electron chi connectivity index (χ3n) is 12.5. The summed E-state index contributed by atoms with van der Waals surface area (Å²) >= 11 is 0. The predicted octanol–water partition coefficient (Wildman–Crippen LogP) is 14.5. The molecule has 0 aliphatic heterocycles. The summed E-state index contributed by atoms with van der Waals surface area (Å²) in [5.74, 6) is 1.89. The Hall–Kier alpha value is -8.41. The van der Waals surface area contributed by atoms with Crippen LogP contribution in [-0.2, 0) is 0 Å². The molecule has 0 aliphatic rings. The van der Waals surface area contributed by atoms with E-state index in [1.54, 1.807) is 0 Å². The van der Waals surface area contributed by atoms with E-state index < -0.39 is 0 Å². The zero-order valence-electron chi connectivity index (χ0n) is 33.4. The number of hydrogen-bond donors (Lipinski definition) is 0. The fraction of sp³-hybridized carbons (Fsp3) is 0. The molecular formula is C57H35N5. The Morgan fingerprint density at radius 2 is 0.806 bits per heavy atom. The zero-order chi connectivity index (χ0) is 40.7. The van der Waals surface area contributed by atoms with E-state index in [-0.39, 0.29) is 0 Å². The second-order valence-corrected chi connectivity index (χ2v) is 16.0. The van der Waals surface area contributed by atoms with Crippen molar-refractivity contribution in [1.82, 2.24) is 24.1 Å². The minimum absolute atomic E-state index is 0.619. The van der Waals surface area contributed by atoms with Gasteiger partial charge in [0.15, 0.2) is 17.5 Å². The molecule has 0 saturated carbocycles. The molecule has 0 fully saturated rings. The van der Waals surface area contributed by atoms with Crippen molar-refractivity contribution >= 4 is 75.9 Å². The molecule has 0 aliphatic carbocycles. The molecule has 0 amide bonds. The van der Waals surface area contributed by atoms with Crippen LogP contribution in [0.3, 0.4) is 0 Å². The average molecular weight is 790 g/mol. The molecule has 0 bridgehead atoms. The van der Waals surface area contributed by atoms with Crippen LogP contribution in [0.2, 0.25) is 0 Å². The highest BCUT2D eigenvalue weighted by Gasteiger charge is 2.21. The van der Waals surface area contributed by atoms with Crippen molar-refractivity contribution < 1.29 is 0 Å². The summed E-state index contributed by atoms with van der Waals surface area (Å²) in [6, 6.07) is 75.9. The van der Waals surface area contributed by atoms with Gasteiger partial charge < -0.3 is 9.13 Å². The zero-order valence-corrected chi connectivity index (χ0v) is 33.4. The van der Waals surface area contributed by atoms with E-state index >= 15 is 0 Å². The van der Waals surface area contributed by atoms with Crippen LogP contribution >= 0.6 is 0 Å². The Balaban J connectivity index is 1.13. The molecule has 13 aromatic rings. The lowest BCUT2D eigenvalue weighted by Gasteiger charge is -2.16. The topological polar surface area (TPSA) is 48.5 Å². The van der Waals surface area contributed by atoms with E-state index in [0.29, 0.717) is 17.5 Å². The van der Waals surface area contributed by atoms with Gasteiger partial charge in [0.05, 0.1) is 27.8 Å². The third-order valence-corrected chi connectivity index (χ3v) is 12.5. The van der Waals surface area contributed by atoms with Crippen molar-refractivity contribution in [2.75, 3.05) is 0 Å². The van der Waals surface area contributed by atoms with Crippen molar-refractivity contribution in [3.63, 3.8) is 0 Å². The van der Waals surface area contributed by atoms with Crippen LogP contribution in [0.5, 0.6) is 0 Å². The van der Waals surface area contributed by atoms with Gasteiger partial charge in [-0.3, -0.25) is 0 Å². The van der Waals surface area contributed by atoms with Gasteiger partial charge >= 0.3 is 0 Å². The summed E-state index contributed by atoms with van der Waals surface area (Å²) in [7, 11) is 0. The second-order valence-electron chi connectivity index (χ2n) is 16.0. The standard InChI is InChI=1S/C57H35N5/c1-3-16-37(17-4-1)55-58-56(38-18-5-2-6-19-38)60-57(59-55)42-31-41-22-10-11-23-44(41)51(34-42)62-52-33-40-21-8-7-20-39(40)32-49(52)47-30-28-43(35-53(47)62)61-50-26-14-13-25-46(50)48-29-27-36-15-9-12-24-45(36)54(48)61/h1-35H. The van der Waals surface area contributed by atoms with Crippen molar-refractivity contribution in [2.45, 2.75) is 0 Å². The van der Waals surface area contributed by atoms with Crippen molar-refractivity contribution in [2.24, 2.45) is 0 Å². The van der Waals surface area contributed by atoms with Gasteiger partial charge in [-0.15, -0.1) is 0 Å². The highest BCUT2D eigenvalue weighted by atomic mass is 15.0. The van der Waals surface area contributed by atoms with Crippen LogP contribution in [0.25, 0.3) is 121 Å². The maximum absolute atomic E-state index is 5.19. The summed E-state index contributed by atoms with van der Waals surface area (Å²) < 4.78 is 4.93. The van der Waals surface area contributed by atoms with Gasteiger partial charge in [0.2, 0.25) is 0 Å². The number of fused-ring (bicyclic) bond motifs is 10. The van der Waals surface area contributed by atoms with Gasteiger partial charge in [-0.05, 0) is 64.0 Å². The van der Waals surface area contributed by atoms with Gasteiger partial charge in [-0.2, -0.15) is 0 Å². The first kappa shape index (κ1) is 34.5. The van der Waals surface area contributed by atoms with Crippen LogP contribution in [0, 0.1) is 0 Å². The van der Waals surface area contributed by atoms with Gasteiger partial charge in [-0.25, -0.2) is 15.0 Å². The first-order valence-electron chi connectivity index (χ1n) is 21.0. The fourth-order valence-corrected chi connectivity index (χ4v) is 9.63. The molecule has 0 radical (unpaired) electrons. The van der Waals surface area contributed by atoms with Crippen molar-refractivity contribution in [1.29, 1.82) is 0 Å². The summed E-state index contributed by atoms with van der Waals surface area (Å²) in [6.45, 7) is 0. The number of nitrogens with zero attached hydrogens (tertiary/aromatic N) is 5. The SMILES string of the molecule is c1ccc(-c2nc(-c3ccccc3)nc(-c3cc(-n4c5cc(-n6c7ccccc7c7ccc8ccccc8c76)ccc5c5cc6ccccc6cc54)c4ccccc4c3)n2)cc1. The van der Waals surface area contributed by atoms with E-state index in [0.717, 1.165) is 49.9 Å². The molecule has 13 rings (SSSR count). The number of benzene rings is 10. The molecule has 3 heterocycles. The number of hydrogen-bond acceptors (Lipinski definition) is 3. The smallest absolute Gasteiger partial charge is 0.164 e. The second kappa shape index (κ2) is 13.6. The first-order valence-corrected chi connectivity index (χ1v) is 21.0. The monoisotopic (exact) mass is 789 g/mol. The average Bonchev–Trinajstić information content (AvgIpc) is 3.85. The maximum atomic E-state index is 5.19. The molecule has 0 N–H and O–H groups in total. The largest absolute Gasteiger partial charge is 0.309 e. The quantitative estimate of drug-likeness (QED) is 0.174. The van der Waals surface area contributed by atoms with E-state index in [9.17, 15) is 0 Å². The summed E-state index contributed by atoms with van der Waals surface area (Å²) in [4.78, 5) is 15.4. The highest BCUT2D eigenvalue weighted by molar-refractivity contribution is 6.19. The maximum Gasteiger partial charge on any atom is 0.164 e. The number of rotatable bonds is 5. The fourth-order valence-electron chi connectivity index (χ4n) is 9.63. The van der Waals surface area contributed by atoms with Crippen molar-refractivity contribution in [3.8, 4) is 45.5 Å². The summed E-state index contributed by atoms with van der Waals surface area (Å²) in [6.07, 6.45) is 0. The number of para-hydroxylation sites is 1. The molecule has 0 unspecified atom stereocenters. The van der Waals surface area contributed by atoms with Crippen molar-refractivity contribution in [3.05, 3.63) is 212 Å². The van der Waals surface area contributed by atoms with Gasteiger partial charge in [0.25, 0.3) is 0 Å². The molecule has 5 nitrogen and oxygen atoms in total. The lowest BCUT2D eigenvalue weighted by molar-refractivity contribution is 1.07. The van der Waals surface area contributed by atoms with Gasteiger partial charge in [-0.1, -0.05) is 170 Å². The molecule has 3 aromatic heterocycles. The minimum atomic E-state index is 0.619. The third kappa shape index (κ3) is 5.32. The van der Waals surface area contributed by atoms with Gasteiger partial charge in [0.1, 0.15) is 0 Å². The first-order chi connectivity index (χ1) is 30.7. The van der Waals surface area contributed by atoms with Crippen LogP contribution in [-0.4, -0.2) is 24.1 Å². The Morgan fingerprint density at radius 1 is 0.274 bits per heavy atom. The molecule has 0 spiro atoms. The summed E-state index contributed by atoms with van der Waals surface area (Å²) in [5, 5.41) is 12.0. The predicted molar refractivity (Wildman–Crippen MR) is 257 cm³/mol. The van der Waals surface area contributed by atoms with Crippen LogP contribution in [0.1, 0.15) is 0 Å². The lowest BCUT2D eigenvalue weighted by Crippen LogP contribution is -2.02. The van der Waals surface area contributed by atoms with Crippen LogP contribution < -0.4 is 0 Å². The molecule has 62 heavy (non-hydrogen) atoms. The minimum Gasteiger partial charge on any atom is -0.309 e. The Bertz CT molecular complexity index is 3860. The van der Waals surface area contributed by atoms with E-state index in [1.165, 1.54) is 54.1 Å². The van der Waals surface area contributed by atoms with E-state index in [4.69, 9.17) is 15.0 Å². The lowest BCUT2D eigenvalue weighted by atomic mass is 10.0. The molecule has 288 valence electrons. The molecule has 10 aromatic carbocycles. The van der Waals surface area contributed by atoms with Gasteiger partial charge in [0, 0.05) is 54.7 Å². The van der Waals surface area contributed by atoms with Crippen LogP contribution in [0.4, 0.5) is 0 Å². The molecule has 0 saturated heterocycles. The molecule has 0 atom stereocenters. The van der Waals surface area contributed by atoms with Crippen LogP contribution in [0.15, 0.2) is 212 Å². The molecular weight excluding hydrogens is 755 g/mol. The summed E-state index contributed by atoms with van der Waals surface area (Å²) in [5.41, 5.74) is 9.59. The molecule has 5 heteroatoms. The Kier molecular flexibility index (Phi) is 7.54. The Morgan fingerprint density at radius 3 is 1.53 bits per heavy atom. The van der Waals surface area contributed by atoms with E-state index in [2.05, 4.69) is 185 Å². The number of aromatic nitrogens is 5. The normalized spacial score (nSPS) is 11.9.